The molecule has 0 aliphatic rings. The van der Waals surface area contributed by atoms with Gasteiger partial charge in [-0.2, -0.15) is 4.39 Å². The third-order valence-corrected chi connectivity index (χ3v) is 2.88. The number of benzene rings is 1. The summed E-state index contributed by atoms with van der Waals surface area (Å²) in [5.74, 6) is -2.05. The van der Waals surface area contributed by atoms with Crippen molar-refractivity contribution in [3.63, 3.8) is 0 Å². The van der Waals surface area contributed by atoms with Crippen molar-refractivity contribution >= 4 is 22.8 Å². The molecule has 1 heterocycles. The molecule has 1 aromatic heterocycles. The van der Waals surface area contributed by atoms with Gasteiger partial charge in [0.1, 0.15) is 16.6 Å². The number of hydrogen-bond donors (Lipinski definition) is 1. The maximum absolute atomic E-state index is 13.7. The van der Waals surface area contributed by atoms with Crippen molar-refractivity contribution in [1.82, 2.24) is 4.98 Å². The summed E-state index contributed by atoms with van der Waals surface area (Å²) >= 11 is 0.913. The van der Waals surface area contributed by atoms with Crippen molar-refractivity contribution in [2.24, 2.45) is 0 Å². The Morgan fingerprint density at radius 1 is 1.41 bits per heavy atom. The van der Waals surface area contributed by atoms with E-state index in [1.807, 2.05) is 0 Å². The molecule has 0 unspecified atom stereocenters. The van der Waals surface area contributed by atoms with E-state index in [1.54, 1.807) is 0 Å². The molecule has 2 N–H and O–H groups in total. The van der Waals surface area contributed by atoms with Gasteiger partial charge in [0.2, 0.25) is 5.82 Å². The molecule has 1 aromatic carbocycles. The predicted octanol–water partition coefficient (Wildman–Crippen LogP) is 2.58. The van der Waals surface area contributed by atoms with E-state index < -0.39 is 27.8 Å². The molecule has 17 heavy (non-hydrogen) atoms. The van der Waals surface area contributed by atoms with Gasteiger partial charge in [0.05, 0.1) is 10.5 Å². The molecule has 2 aromatic rings. The third kappa shape index (κ3) is 1.94. The van der Waals surface area contributed by atoms with E-state index in [9.17, 15) is 18.9 Å². The number of nitro groups is 1. The van der Waals surface area contributed by atoms with Crippen LogP contribution >= 0.6 is 11.3 Å². The van der Waals surface area contributed by atoms with Crippen LogP contribution in [0.4, 0.5) is 20.3 Å². The van der Waals surface area contributed by atoms with Gasteiger partial charge in [-0.3, -0.25) is 10.1 Å². The van der Waals surface area contributed by atoms with Crippen molar-refractivity contribution in [1.29, 1.82) is 0 Å². The second-order valence-electron chi connectivity index (χ2n) is 3.09. The first kappa shape index (κ1) is 11.4. The van der Waals surface area contributed by atoms with Gasteiger partial charge in [0, 0.05) is 11.4 Å². The molecule has 0 atom stereocenters. The van der Waals surface area contributed by atoms with Crippen LogP contribution in [0.3, 0.4) is 0 Å². The number of rotatable bonds is 2. The van der Waals surface area contributed by atoms with E-state index in [4.69, 9.17) is 5.73 Å². The normalized spacial score (nSPS) is 10.5. The summed E-state index contributed by atoms with van der Waals surface area (Å²) in [5.41, 5.74) is 4.01. The molecule has 0 radical (unpaired) electrons. The predicted molar refractivity (Wildman–Crippen MR) is 58.5 cm³/mol. The number of nitrogen functional groups attached to an aromatic ring is 1. The summed E-state index contributed by atoms with van der Waals surface area (Å²) in [4.78, 5) is 13.3. The van der Waals surface area contributed by atoms with Gasteiger partial charge >= 0.3 is 5.69 Å². The molecule has 0 saturated heterocycles. The van der Waals surface area contributed by atoms with Crippen molar-refractivity contribution in [3.8, 4) is 10.6 Å². The fourth-order valence-electron chi connectivity index (χ4n) is 1.28. The van der Waals surface area contributed by atoms with Gasteiger partial charge in [-0.05, 0) is 6.07 Å². The van der Waals surface area contributed by atoms with Crippen LogP contribution < -0.4 is 5.73 Å². The molecular formula is C9H5F2N3O2S. The lowest BCUT2D eigenvalue weighted by Gasteiger charge is -2.01. The van der Waals surface area contributed by atoms with E-state index in [0.29, 0.717) is 0 Å². The quantitative estimate of drug-likeness (QED) is 0.662. The molecule has 0 bridgehead atoms. The largest absolute Gasteiger partial charge is 0.383 e. The van der Waals surface area contributed by atoms with Crippen LogP contribution in [0.5, 0.6) is 0 Å². The van der Waals surface area contributed by atoms with Gasteiger partial charge in [-0.15, -0.1) is 11.3 Å². The van der Waals surface area contributed by atoms with Gasteiger partial charge in [-0.25, -0.2) is 9.37 Å². The summed E-state index contributed by atoms with van der Waals surface area (Å²) in [6.45, 7) is 0. The Morgan fingerprint density at radius 3 is 2.65 bits per heavy atom. The first-order valence-corrected chi connectivity index (χ1v) is 5.22. The van der Waals surface area contributed by atoms with Crippen molar-refractivity contribution in [2.45, 2.75) is 0 Å². The van der Waals surface area contributed by atoms with Crippen molar-refractivity contribution in [3.05, 3.63) is 39.3 Å². The first-order chi connectivity index (χ1) is 8.00. The lowest BCUT2D eigenvalue weighted by atomic mass is 10.2. The van der Waals surface area contributed by atoms with E-state index >= 15 is 0 Å². The Hall–Kier alpha value is -2.09. The molecule has 0 aliphatic carbocycles. The van der Waals surface area contributed by atoms with Crippen LogP contribution in [0.2, 0.25) is 0 Å². The average Bonchev–Trinajstić information content (AvgIpc) is 2.64. The third-order valence-electron chi connectivity index (χ3n) is 2.00. The fourth-order valence-corrected chi connectivity index (χ4v) is 2.03. The van der Waals surface area contributed by atoms with Gasteiger partial charge in [0.15, 0.2) is 0 Å². The molecule has 2 rings (SSSR count). The standard InChI is InChI=1S/C9H5F2N3O2S/c10-4-1-2-5(14(15)16)8(11)7(4)9-13-6(12)3-17-9/h1-3H,12H2. The van der Waals surface area contributed by atoms with Gasteiger partial charge < -0.3 is 5.73 Å². The smallest absolute Gasteiger partial charge is 0.305 e. The average molecular weight is 257 g/mol. The van der Waals surface area contributed by atoms with Crippen LogP contribution in [0.15, 0.2) is 17.5 Å². The van der Waals surface area contributed by atoms with Gasteiger partial charge in [-0.1, -0.05) is 0 Å². The van der Waals surface area contributed by atoms with E-state index in [2.05, 4.69) is 4.98 Å². The van der Waals surface area contributed by atoms with Gasteiger partial charge in [0.25, 0.3) is 0 Å². The van der Waals surface area contributed by atoms with E-state index in [1.165, 1.54) is 5.38 Å². The minimum Gasteiger partial charge on any atom is -0.383 e. The van der Waals surface area contributed by atoms with Crippen LogP contribution in [-0.2, 0) is 0 Å². The zero-order chi connectivity index (χ0) is 12.6. The second-order valence-corrected chi connectivity index (χ2v) is 3.95. The van der Waals surface area contributed by atoms with Crippen molar-refractivity contribution < 1.29 is 13.7 Å². The summed E-state index contributed by atoms with van der Waals surface area (Å²) in [6, 6.07) is 1.60. The Balaban J connectivity index is 2.68. The molecule has 0 saturated carbocycles. The van der Waals surface area contributed by atoms with Crippen LogP contribution in [-0.4, -0.2) is 9.91 Å². The molecule has 0 aliphatic heterocycles. The number of thiazole rings is 1. The topological polar surface area (TPSA) is 82.0 Å². The molecule has 5 nitrogen and oxygen atoms in total. The zero-order valence-electron chi connectivity index (χ0n) is 8.18. The minimum atomic E-state index is -1.25. The molecule has 8 heteroatoms. The maximum atomic E-state index is 13.7. The number of nitrogens with two attached hydrogens (primary N) is 1. The lowest BCUT2D eigenvalue weighted by Crippen LogP contribution is -1.97. The Morgan fingerprint density at radius 2 is 2.12 bits per heavy atom. The highest BCUT2D eigenvalue weighted by Crippen LogP contribution is 2.33. The summed E-state index contributed by atoms with van der Waals surface area (Å²) < 4.78 is 27.2. The van der Waals surface area contributed by atoms with Crippen molar-refractivity contribution in [2.75, 3.05) is 5.73 Å². The number of anilines is 1. The molecule has 88 valence electrons. The molecular weight excluding hydrogens is 252 g/mol. The summed E-state index contributed by atoms with van der Waals surface area (Å²) in [7, 11) is 0. The SMILES string of the molecule is Nc1csc(-c2c(F)ccc([N+](=O)[O-])c2F)n1. The fraction of sp³-hybridized carbons (Fsp3) is 0. The highest BCUT2D eigenvalue weighted by molar-refractivity contribution is 7.13. The Labute approximate surface area is 97.7 Å². The zero-order valence-corrected chi connectivity index (χ0v) is 9.00. The number of nitro benzene ring substituents is 1. The molecule has 0 fully saturated rings. The Kier molecular flexibility index (Phi) is 2.72. The lowest BCUT2D eigenvalue weighted by molar-refractivity contribution is -0.387. The number of hydrogen-bond acceptors (Lipinski definition) is 5. The number of nitrogens with zero attached hydrogens (tertiary/aromatic N) is 2. The summed E-state index contributed by atoms with van der Waals surface area (Å²) in [5, 5.41) is 11.9. The van der Waals surface area contributed by atoms with E-state index in [0.717, 1.165) is 23.5 Å². The monoisotopic (exact) mass is 257 g/mol. The van der Waals surface area contributed by atoms with Crippen LogP contribution in [0.1, 0.15) is 0 Å². The second kappa shape index (κ2) is 4.06. The first-order valence-electron chi connectivity index (χ1n) is 4.34. The summed E-state index contributed by atoms with van der Waals surface area (Å²) in [6.07, 6.45) is 0. The molecule has 0 spiro atoms. The maximum Gasteiger partial charge on any atom is 0.305 e. The number of halogens is 2. The van der Waals surface area contributed by atoms with E-state index in [-0.39, 0.29) is 10.8 Å². The minimum absolute atomic E-state index is 0.0267. The molecule has 0 amide bonds. The number of aromatic nitrogens is 1. The Bertz CT molecular complexity index is 600. The highest BCUT2D eigenvalue weighted by atomic mass is 32.1. The highest BCUT2D eigenvalue weighted by Gasteiger charge is 2.24. The van der Waals surface area contributed by atoms with Crippen LogP contribution in [0, 0.1) is 21.7 Å². The van der Waals surface area contributed by atoms with Crippen LogP contribution in [0.25, 0.3) is 10.6 Å².